The van der Waals surface area contributed by atoms with E-state index in [1.54, 1.807) is 36.8 Å². The summed E-state index contributed by atoms with van der Waals surface area (Å²) >= 11 is 5.95. The van der Waals surface area contributed by atoms with Crippen LogP contribution in [0.5, 0.6) is 0 Å². The maximum atomic E-state index is 12.5. The Morgan fingerprint density at radius 1 is 0.938 bits per heavy atom. The number of fused-ring (bicyclic) bond motifs is 1. The van der Waals surface area contributed by atoms with Crippen molar-refractivity contribution in [3.8, 4) is 17.1 Å². The van der Waals surface area contributed by atoms with Crippen molar-refractivity contribution in [2.24, 2.45) is 0 Å². The molecule has 6 nitrogen and oxygen atoms in total. The Hall–Kier alpha value is -4.03. The van der Waals surface area contributed by atoms with Gasteiger partial charge in [0.15, 0.2) is 0 Å². The van der Waals surface area contributed by atoms with Gasteiger partial charge in [-0.3, -0.25) is 9.55 Å². The fourth-order valence-electron chi connectivity index (χ4n) is 3.44. The first-order valence-corrected chi connectivity index (χ1v) is 10.3. The van der Waals surface area contributed by atoms with Crippen LogP contribution in [0.1, 0.15) is 15.9 Å². The fourth-order valence-corrected chi connectivity index (χ4v) is 3.55. The summed E-state index contributed by atoms with van der Waals surface area (Å²) in [7, 11) is 0. The minimum atomic E-state index is -0.375. The van der Waals surface area contributed by atoms with Gasteiger partial charge >= 0.3 is 5.97 Å². The molecule has 0 spiro atoms. The molecule has 3 aromatic heterocycles. The van der Waals surface area contributed by atoms with Gasteiger partial charge in [-0.2, -0.15) is 0 Å². The van der Waals surface area contributed by atoms with Crippen molar-refractivity contribution in [2.45, 2.75) is 6.61 Å². The number of nitrogens with zero attached hydrogens (tertiary/aromatic N) is 4. The second-order valence-electron chi connectivity index (χ2n) is 7.11. The second-order valence-corrected chi connectivity index (χ2v) is 7.50. The fraction of sp³-hybridized carbons (Fsp3) is 0.0400. The predicted octanol–water partition coefficient (Wildman–Crippen LogP) is 5.49. The predicted molar refractivity (Wildman–Crippen MR) is 123 cm³/mol. The lowest BCUT2D eigenvalue weighted by Crippen LogP contribution is -2.06. The minimum Gasteiger partial charge on any atom is -0.457 e. The number of pyridine rings is 2. The van der Waals surface area contributed by atoms with Crippen LogP contribution in [-0.2, 0) is 11.3 Å². The summed E-state index contributed by atoms with van der Waals surface area (Å²) in [4.78, 5) is 25.7. The molecule has 0 saturated heterocycles. The zero-order chi connectivity index (χ0) is 21.9. The molecule has 7 heteroatoms. The van der Waals surface area contributed by atoms with Crippen LogP contribution in [0.15, 0.2) is 91.4 Å². The van der Waals surface area contributed by atoms with Gasteiger partial charge in [0, 0.05) is 23.6 Å². The van der Waals surface area contributed by atoms with E-state index in [9.17, 15) is 4.79 Å². The Bertz CT molecular complexity index is 1380. The monoisotopic (exact) mass is 440 g/mol. The molecule has 0 N–H and O–H groups in total. The SMILES string of the molecule is O=C(OCc1ccccc1)c1ccc(-n2c(-c3ccc(Cl)nc3)nc3ccncc32)cc1. The standard InChI is InChI=1S/C25H17ClN4O2/c26-23-11-8-19(14-28-23)24-29-21-12-13-27-15-22(21)30(24)20-9-6-18(7-10-20)25(31)32-16-17-4-2-1-3-5-17/h1-15H,16H2. The van der Waals surface area contributed by atoms with E-state index in [1.807, 2.05) is 59.2 Å². The van der Waals surface area contributed by atoms with Gasteiger partial charge in [0.05, 0.1) is 22.8 Å². The van der Waals surface area contributed by atoms with Gasteiger partial charge in [-0.1, -0.05) is 41.9 Å². The van der Waals surface area contributed by atoms with Crippen LogP contribution < -0.4 is 0 Å². The van der Waals surface area contributed by atoms with Crippen LogP contribution in [0.25, 0.3) is 28.1 Å². The molecule has 5 aromatic rings. The number of carbonyl (C=O) groups excluding carboxylic acids is 1. The molecule has 0 amide bonds. The van der Waals surface area contributed by atoms with Crippen LogP contribution in [0.4, 0.5) is 0 Å². The first-order chi connectivity index (χ1) is 15.7. The normalized spacial score (nSPS) is 10.9. The molecule has 0 aliphatic carbocycles. The zero-order valence-electron chi connectivity index (χ0n) is 16.9. The molecule has 0 aliphatic heterocycles. The highest BCUT2D eigenvalue weighted by Gasteiger charge is 2.16. The largest absolute Gasteiger partial charge is 0.457 e. The molecule has 0 radical (unpaired) electrons. The van der Waals surface area contributed by atoms with Crippen molar-refractivity contribution < 1.29 is 9.53 Å². The van der Waals surface area contributed by atoms with Crippen molar-refractivity contribution in [3.63, 3.8) is 0 Å². The summed E-state index contributed by atoms with van der Waals surface area (Å²) in [5.41, 5.74) is 4.72. The lowest BCUT2D eigenvalue weighted by atomic mass is 10.2. The number of ether oxygens (including phenoxy) is 1. The summed E-state index contributed by atoms with van der Waals surface area (Å²) in [6.45, 7) is 0.229. The third-order valence-corrected chi connectivity index (χ3v) is 5.24. The van der Waals surface area contributed by atoms with Crippen molar-refractivity contribution in [3.05, 3.63) is 108 Å². The Balaban J connectivity index is 1.47. The first kappa shape index (κ1) is 19.9. The summed E-state index contributed by atoms with van der Waals surface area (Å²) in [5, 5.41) is 0.413. The molecule has 0 fully saturated rings. The Morgan fingerprint density at radius 3 is 2.50 bits per heavy atom. The van der Waals surface area contributed by atoms with Crippen LogP contribution >= 0.6 is 11.6 Å². The van der Waals surface area contributed by atoms with Gasteiger partial charge in [-0.15, -0.1) is 0 Å². The minimum absolute atomic E-state index is 0.229. The summed E-state index contributed by atoms with van der Waals surface area (Å²) in [5.74, 6) is 0.330. The number of imidazole rings is 1. The van der Waals surface area contributed by atoms with E-state index >= 15 is 0 Å². The summed E-state index contributed by atoms with van der Waals surface area (Å²) in [6.07, 6.45) is 5.15. The molecule has 0 unspecified atom stereocenters. The van der Waals surface area contributed by atoms with E-state index in [0.717, 1.165) is 27.8 Å². The number of hydrogen-bond acceptors (Lipinski definition) is 5. The molecule has 32 heavy (non-hydrogen) atoms. The number of rotatable bonds is 5. The van der Waals surface area contributed by atoms with Gasteiger partial charge in [-0.25, -0.2) is 14.8 Å². The number of benzene rings is 2. The van der Waals surface area contributed by atoms with Gasteiger partial charge in [0.25, 0.3) is 0 Å². The number of esters is 1. The Labute approximate surface area is 189 Å². The molecule has 5 rings (SSSR count). The Morgan fingerprint density at radius 2 is 1.75 bits per heavy atom. The molecule has 0 saturated carbocycles. The van der Waals surface area contributed by atoms with Gasteiger partial charge in [0.1, 0.15) is 17.6 Å². The van der Waals surface area contributed by atoms with Crippen molar-refractivity contribution in [2.75, 3.05) is 0 Å². The maximum absolute atomic E-state index is 12.5. The summed E-state index contributed by atoms with van der Waals surface area (Å²) < 4.78 is 7.41. The van der Waals surface area contributed by atoms with Gasteiger partial charge in [-0.05, 0) is 48.0 Å². The maximum Gasteiger partial charge on any atom is 0.338 e. The molecule has 2 aromatic carbocycles. The van der Waals surface area contributed by atoms with Crippen LogP contribution in [0, 0.1) is 0 Å². The van der Waals surface area contributed by atoms with Gasteiger partial charge < -0.3 is 4.74 Å². The van der Waals surface area contributed by atoms with Crippen LogP contribution in [-0.4, -0.2) is 25.5 Å². The highest BCUT2D eigenvalue weighted by atomic mass is 35.5. The quantitative estimate of drug-likeness (QED) is 0.267. The average Bonchev–Trinajstić information content (AvgIpc) is 3.23. The molecule has 3 heterocycles. The Kier molecular flexibility index (Phi) is 5.35. The van der Waals surface area contributed by atoms with E-state index in [0.29, 0.717) is 16.5 Å². The number of carbonyl (C=O) groups is 1. The lowest BCUT2D eigenvalue weighted by molar-refractivity contribution is 0.0472. The summed E-state index contributed by atoms with van der Waals surface area (Å²) in [6, 6.07) is 22.3. The van der Waals surface area contributed by atoms with E-state index in [-0.39, 0.29) is 12.6 Å². The van der Waals surface area contributed by atoms with E-state index in [4.69, 9.17) is 21.3 Å². The number of hydrogen-bond donors (Lipinski definition) is 0. The number of aromatic nitrogens is 4. The van der Waals surface area contributed by atoms with E-state index in [2.05, 4.69) is 9.97 Å². The molecule has 0 aliphatic rings. The first-order valence-electron chi connectivity index (χ1n) is 9.95. The molecule has 0 bridgehead atoms. The topological polar surface area (TPSA) is 69.9 Å². The molecular weight excluding hydrogens is 424 g/mol. The van der Waals surface area contributed by atoms with E-state index in [1.165, 1.54) is 0 Å². The zero-order valence-corrected chi connectivity index (χ0v) is 17.6. The van der Waals surface area contributed by atoms with Crippen LogP contribution in [0.3, 0.4) is 0 Å². The van der Waals surface area contributed by atoms with Crippen molar-refractivity contribution in [1.82, 2.24) is 19.5 Å². The lowest BCUT2D eigenvalue weighted by Gasteiger charge is -2.10. The average molecular weight is 441 g/mol. The highest BCUT2D eigenvalue weighted by Crippen LogP contribution is 2.28. The van der Waals surface area contributed by atoms with Crippen molar-refractivity contribution in [1.29, 1.82) is 0 Å². The van der Waals surface area contributed by atoms with E-state index < -0.39 is 0 Å². The number of halogens is 1. The second kappa shape index (κ2) is 8.61. The molecular formula is C25H17ClN4O2. The van der Waals surface area contributed by atoms with Gasteiger partial charge in [0.2, 0.25) is 0 Å². The molecule has 0 atom stereocenters. The third-order valence-electron chi connectivity index (χ3n) is 5.02. The highest BCUT2D eigenvalue weighted by molar-refractivity contribution is 6.29. The third kappa shape index (κ3) is 3.96. The van der Waals surface area contributed by atoms with Crippen LogP contribution in [0.2, 0.25) is 5.15 Å². The molecule has 156 valence electrons. The van der Waals surface area contributed by atoms with Crippen molar-refractivity contribution >= 4 is 28.6 Å². The smallest absolute Gasteiger partial charge is 0.338 e.